The van der Waals surface area contributed by atoms with Gasteiger partial charge in [-0.2, -0.15) is 5.10 Å². The minimum absolute atomic E-state index is 0.00838. The summed E-state index contributed by atoms with van der Waals surface area (Å²) in [4.78, 5) is 25.7. The summed E-state index contributed by atoms with van der Waals surface area (Å²) in [6, 6.07) is 15.2. The van der Waals surface area contributed by atoms with E-state index in [1.54, 1.807) is 6.07 Å². The Hall–Kier alpha value is -3.87. The summed E-state index contributed by atoms with van der Waals surface area (Å²) in [6.45, 7) is 10.3. The van der Waals surface area contributed by atoms with Gasteiger partial charge in [0.1, 0.15) is 5.75 Å². The zero-order chi connectivity index (χ0) is 31.7. The number of aryl methyl sites for hydroxylation is 4. The van der Waals surface area contributed by atoms with Crippen LogP contribution in [-0.2, 0) is 24.8 Å². The molecule has 0 saturated heterocycles. The van der Waals surface area contributed by atoms with Gasteiger partial charge >= 0.3 is 0 Å². The molecule has 0 fully saturated rings. The SMILES string of the molecule is CC(=O)c1cccc(CNC(=O)C2=C(CCCOc3cc(C)c(Cl)c(C)c3)c3ccc(Cl)c(-c4c(C)nn(C)c4C)c3C2)c1. The van der Waals surface area contributed by atoms with E-state index in [2.05, 4.69) is 10.4 Å². The van der Waals surface area contributed by atoms with Crippen LogP contribution in [0.5, 0.6) is 5.75 Å². The molecule has 0 spiro atoms. The monoisotopic (exact) mass is 629 g/mol. The lowest BCUT2D eigenvalue weighted by molar-refractivity contribution is -0.117. The molecule has 1 heterocycles. The molecule has 1 N–H and O–H groups in total. The number of allylic oxidation sites excluding steroid dienone is 1. The first-order valence-corrected chi connectivity index (χ1v) is 15.5. The number of fused-ring (bicyclic) bond motifs is 1. The molecule has 8 heteroatoms. The van der Waals surface area contributed by atoms with Gasteiger partial charge in [0.15, 0.2) is 5.78 Å². The van der Waals surface area contributed by atoms with Gasteiger partial charge in [-0.25, -0.2) is 0 Å². The van der Waals surface area contributed by atoms with Gasteiger partial charge < -0.3 is 10.1 Å². The number of ether oxygens (including phenoxy) is 1. The number of ketones is 1. The Morgan fingerprint density at radius 3 is 2.39 bits per heavy atom. The van der Waals surface area contributed by atoms with E-state index in [0.29, 0.717) is 36.6 Å². The predicted octanol–water partition coefficient (Wildman–Crippen LogP) is 8.32. The highest BCUT2D eigenvalue weighted by molar-refractivity contribution is 6.34. The average Bonchev–Trinajstić information content (AvgIpc) is 3.48. The second-order valence-electron chi connectivity index (χ2n) is 11.5. The lowest BCUT2D eigenvalue weighted by Gasteiger charge is -2.14. The van der Waals surface area contributed by atoms with Gasteiger partial charge in [-0.1, -0.05) is 47.5 Å². The molecular weight excluding hydrogens is 593 g/mol. The van der Waals surface area contributed by atoms with Crippen LogP contribution in [0.4, 0.5) is 0 Å². The molecule has 1 aliphatic carbocycles. The first-order valence-electron chi connectivity index (χ1n) is 14.8. The summed E-state index contributed by atoms with van der Waals surface area (Å²) in [5.41, 5.74) is 11.1. The van der Waals surface area contributed by atoms with Gasteiger partial charge in [-0.15, -0.1) is 0 Å². The molecule has 3 aromatic carbocycles. The van der Waals surface area contributed by atoms with E-state index >= 15 is 0 Å². The number of aromatic nitrogens is 2. The third-order valence-electron chi connectivity index (χ3n) is 8.37. The number of nitrogens with zero attached hydrogens (tertiary/aromatic N) is 2. The van der Waals surface area contributed by atoms with Crippen molar-refractivity contribution < 1.29 is 14.3 Å². The number of nitrogens with one attached hydrogen (secondary N) is 1. The normalized spacial score (nSPS) is 12.5. The van der Waals surface area contributed by atoms with Gasteiger partial charge in [-0.05, 0) is 105 Å². The van der Waals surface area contributed by atoms with Crippen molar-refractivity contribution in [2.75, 3.05) is 6.61 Å². The second-order valence-corrected chi connectivity index (χ2v) is 12.3. The van der Waals surface area contributed by atoms with Crippen LogP contribution in [-0.4, -0.2) is 28.1 Å². The molecule has 0 bridgehead atoms. The third-order valence-corrected chi connectivity index (χ3v) is 9.29. The molecule has 0 saturated carbocycles. The van der Waals surface area contributed by atoms with Crippen molar-refractivity contribution in [3.05, 3.63) is 109 Å². The van der Waals surface area contributed by atoms with Gasteiger partial charge in [-0.3, -0.25) is 14.3 Å². The Balaban J connectivity index is 1.44. The van der Waals surface area contributed by atoms with Crippen molar-refractivity contribution in [3.63, 3.8) is 0 Å². The summed E-state index contributed by atoms with van der Waals surface area (Å²) >= 11 is 13.2. The number of carbonyl (C=O) groups excluding carboxylic acids is 2. The molecular formula is C36H37Cl2N3O3. The van der Waals surface area contributed by atoms with E-state index in [9.17, 15) is 9.59 Å². The molecule has 1 aromatic heterocycles. The molecule has 1 aliphatic rings. The van der Waals surface area contributed by atoms with Crippen molar-refractivity contribution in [1.82, 2.24) is 15.1 Å². The highest BCUT2D eigenvalue weighted by Gasteiger charge is 2.31. The lowest BCUT2D eigenvalue weighted by atomic mass is 9.93. The number of Topliss-reactive ketones (excluding diaryl/α,β-unsaturated/α-hetero) is 1. The summed E-state index contributed by atoms with van der Waals surface area (Å²) in [5.74, 6) is 0.648. The number of hydrogen-bond donors (Lipinski definition) is 1. The largest absolute Gasteiger partial charge is 0.494 e. The maximum atomic E-state index is 13.8. The number of amides is 1. The van der Waals surface area contributed by atoms with E-state index in [1.807, 2.05) is 81.9 Å². The molecule has 0 radical (unpaired) electrons. The topological polar surface area (TPSA) is 73.2 Å². The maximum Gasteiger partial charge on any atom is 0.248 e. The molecule has 228 valence electrons. The minimum Gasteiger partial charge on any atom is -0.494 e. The van der Waals surface area contributed by atoms with Crippen molar-refractivity contribution >= 4 is 40.5 Å². The zero-order valence-corrected chi connectivity index (χ0v) is 27.5. The number of rotatable bonds is 10. The van der Waals surface area contributed by atoms with Crippen LogP contribution >= 0.6 is 23.2 Å². The molecule has 44 heavy (non-hydrogen) atoms. The number of carbonyl (C=O) groups is 2. The predicted molar refractivity (Wildman–Crippen MR) is 178 cm³/mol. The van der Waals surface area contributed by atoms with Crippen molar-refractivity contribution in [1.29, 1.82) is 0 Å². The van der Waals surface area contributed by atoms with Crippen molar-refractivity contribution in [2.45, 2.75) is 60.4 Å². The van der Waals surface area contributed by atoms with E-state index in [4.69, 9.17) is 27.9 Å². The van der Waals surface area contributed by atoms with Crippen LogP contribution in [0, 0.1) is 27.7 Å². The zero-order valence-electron chi connectivity index (χ0n) is 26.0. The Morgan fingerprint density at radius 2 is 1.73 bits per heavy atom. The average molecular weight is 631 g/mol. The van der Waals surface area contributed by atoms with Crippen molar-refractivity contribution in [3.8, 4) is 16.9 Å². The third kappa shape index (κ3) is 6.33. The lowest BCUT2D eigenvalue weighted by Crippen LogP contribution is -2.25. The van der Waals surface area contributed by atoms with Crippen LogP contribution in [0.2, 0.25) is 10.0 Å². The Morgan fingerprint density at radius 1 is 1.00 bits per heavy atom. The Bertz CT molecular complexity index is 1800. The fourth-order valence-electron chi connectivity index (χ4n) is 6.06. The number of hydrogen-bond acceptors (Lipinski definition) is 4. The molecule has 0 unspecified atom stereocenters. The fraction of sp³-hybridized carbons (Fsp3) is 0.306. The van der Waals surface area contributed by atoms with Gasteiger partial charge in [0.25, 0.3) is 0 Å². The first kappa shape index (κ1) is 31.6. The van der Waals surface area contributed by atoms with Crippen LogP contribution < -0.4 is 10.1 Å². The maximum absolute atomic E-state index is 13.8. The Kier molecular flexibility index (Phi) is 9.33. The number of halogens is 2. The highest BCUT2D eigenvalue weighted by Crippen LogP contribution is 2.45. The van der Waals surface area contributed by atoms with Crippen LogP contribution in [0.25, 0.3) is 16.7 Å². The molecule has 6 nitrogen and oxygen atoms in total. The molecule has 4 aromatic rings. The van der Waals surface area contributed by atoms with Crippen LogP contribution in [0.15, 0.2) is 54.1 Å². The first-order chi connectivity index (χ1) is 21.0. The minimum atomic E-state index is -0.129. The Labute approximate surface area is 269 Å². The second kappa shape index (κ2) is 13.0. The summed E-state index contributed by atoms with van der Waals surface area (Å²) < 4.78 is 7.97. The van der Waals surface area contributed by atoms with Gasteiger partial charge in [0, 0.05) is 58.0 Å². The van der Waals surface area contributed by atoms with E-state index < -0.39 is 0 Å². The van der Waals surface area contributed by atoms with E-state index in [0.717, 1.165) is 78.7 Å². The molecule has 1 amide bonds. The van der Waals surface area contributed by atoms with Crippen LogP contribution in [0.1, 0.15) is 69.3 Å². The summed E-state index contributed by atoms with van der Waals surface area (Å²) in [6.07, 6.45) is 1.84. The standard InChI is InChI=1S/C36H37Cl2N3O3/c1-20-15-27(16-21(2)35(20)38)44-14-8-11-28-29-12-13-32(37)34(33-22(3)40-41(6)23(33)4)30(29)18-31(28)36(43)39-19-25-9-7-10-26(17-25)24(5)42/h7,9-10,12-13,15-17H,8,11,14,18-19H2,1-6H3,(H,39,43). The smallest absolute Gasteiger partial charge is 0.248 e. The fourth-order valence-corrected chi connectivity index (χ4v) is 6.44. The van der Waals surface area contributed by atoms with Crippen molar-refractivity contribution in [2.24, 2.45) is 7.05 Å². The quantitative estimate of drug-likeness (QED) is 0.141. The summed E-state index contributed by atoms with van der Waals surface area (Å²) in [7, 11) is 1.93. The van der Waals surface area contributed by atoms with E-state index in [-0.39, 0.29) is 11.7 Å². The highest BCUT2D eigenvalue weighted by atomic mass is 35.5. The molecule has 0 aliphatic heterocycles. The molecule has 5 rings (SSSR count). The van der Waals surface area contributed by atoms with Crippen LogP contribution in [0.3, 0.4) is 0 Å². The summed E-state index contributed by atoms with van der Waals surface area (Å²) in [5, 5.41) is 9.13. The number of benzene rings is 3. The van der Waals surface area contributed by atoms with E-state index in [1.165, 1.54) is 6.92 Å². The van der Waals surface area contributed by atoms with Gasteiger partial charge in [0.2, 0.25) is 5.91 Å². The molecule has 0 atom stereocenters. The van der Waals surface area contributed by atoms with Gasteiger partial charge in [0.05, 0.1) is 12.3 Å².